The first kappa shape index (κ1) is 19.7. The molecule has 4 aliphatic rings. The van der Waals surface area contributed by atoms with Gasteiger partial charge in [-0.15, -0.1) is 24.0 Å². The molecule has 2 saturated heterocycles. The van der Waals surface area contributed by atoms with Gasteiger partial charge in [-0.1, -0.05) is 13.3 Å². The zero-order valence-electron chi connectivity index (χ0n) is 15.2. The maximum absolute atomic E-state index is 11.7. The highest BCUT2D eigenvalue weighted by Crippen LogP contribution is 2.50. The Morgan fingerprint density at radius 3 is 2.56 bits per heavy atom. The first-order valence-electron chi connectivity index (χ1n) is 9.72. The minimum Gasteiger partial charge on any atom is -0.354 e. The third-order valence-corrected chi connectivity index (χ3v) is 8.61. The van der Waals surface area contributed by atoms with Gasteiger partial charge in [-0.25, -0.2) is 8.42 Å². The number of sulfone groups is 1. The van der Waals surface area contributed by atoms with E-state index in [2.05, 4.69) is 17.1 Å². The molecule has 25 heavy (non-hydrogen) atoms. The molecule has 2 aliphatic heterocycles. The topological polar surface area (TPSA) is 61.8 Å². The van der Waals surface area contributed by atoms with Crippen LogP contribution in [0, 0.1) is 17.3 Å². The van der Waals surface area contributed by atoms with Crippen LogP contribution in [0.4, 0.5) is 0 Å². The summed E-state index contributed by atoms with van der Waals surface area (Å²) in [4.78, 5) is 7.36. The van der Waals surface area contributed by atoms with E-state index in [9.17, 15) is 8.42 Å². The Morgan fingerprint density at radius 1 is 1.24 bits per heavy atom. The van der Waals surface area contributed by atoms with E-state index in [-0.39, 0.29) is 29.9 Å². The molecule has 7 heteroatoms. The fourth-order valence-corrected chi connectivity index (χ4v) is 6.46. The van der Waals surface area contributed by atoms with Gasteiger partial charge in [-0.3, -0.25) is 4.99 Å². The largest absolute Gasteiger partial charge is 0.354 e. The predicted molar refractivity (Wildman–Crippen MR) is 112 cm³/mol. The number of aliphatic imine (C=N–C) groups is 1. The van der Waals surface area contributed by atoms with E-state index in [1.165, 1.54) is 38.5 Å². The molecule has 0 aromatic carbocycles. The van der Waals surface area contributed by atoms with E-state index in [0.717, 1.165) is 31.4 Å². The number of piperidine rings is 1. The van der Waals surface area contributed by atoms with Crippen LogP contribution < -0.4 is 5.32 Å². The molecule has 0 aromatic rings. The standard InChI is InChI=1S/C18H31N3O2S.HI/c1-14-5-9-21(13-18(14)7-2-8-18)17(20-16-3-4-16)19-11-15-6-10-24(22,23)12-15;/h14-16H,2-13H2,1H3,(H,19,20);1H. The monoisotopic (exact) mass is 481 g/mol. The molecule has 0 aromatic heterocycles. The van der Waals surface area contributed by atoms with Crippen molar-refractivity contribution in [3.63, 3.8) is 0 Å². The number of nitrogens with zero attached hydrogens (tertiary/aromatic N) is 2. The van der Waals surface area contributed by atoms with Crippen LogP contribution in [0.15, 0.2) is 4.99 Å². The van der Waals surface area contributed by atoms with Crippen molar-refractivity contribution in [2.45, 2.75) is 57.9 Å². The van der Waals surface area contributed by atoms with Gasteiger partial charge in [0.05, 0.1) is 11.5 Å². The molecule has 0 amide bonds. The molecule has 4 fully saturated rings. The lowest BCUT2D eigenvalue weighted by Crippen LogP contribution is -2.56. The Balaban J connectivity index is 0.00000182. The predicted octanol–water partition coefficient (Wildman–Crippen LogP) is 2.66. The van der Waals surface area contributed by atoms with Gasteiger partial charge < -0.3 is 10.2 Å². The summed E-state index contributed by atoms with van der Waals surface area (Å²) in [6.45, 7) is 5.30. The van der Waals surface area contributed by atoms with Crippen LogP contribution in [0.3, 0.4) is 0 Å². The molecule has 1 spiro atoms. The zero-order chi connectivity index (χ0) is 16.8. The van der Waals surface area contributed by atoms with E-state index >= 15 is 0 Å². The molecule has 5 nitrogen and oxygen atoms in total. The lowest BCUT2D eigenvalue weighted by Gasteiger charge is -2.53. The van der Waals surface area contributed by atoms with Crippen LogP contribution in [0.25, 0.3) is 0 Å². The van der Waals surface area contributed by atoms with Gasteiger partial charge in [0.15, 0.2) is 15.8 Å². The van der Waals surface area contributed by atoms with Gasteiger partial charge in [0, 0.05) is 25.7 Å². The summed E-state index contributed by atoms with van der Waals surface area (Å²) in [7, 11) is -2.80. The number of likely N-dealkylation sites (tertiary alicyclic amines) is 1. The van der Waals surface area contributed by atoms with Crippen molar-refractivity contribution in [2.75, 3.05) is 31.1 Å². The summed E-state index contributed by atoms with van der Waals surface area (Å²) >= 11 is 0. The number of rotatable bonds is 3. The fraction of sp³-hybridized carbons (Fsp3) is 0.944. The molecule has 2 heterocycles. The second kappa shape index (κ2) is 7.52. The zero-order valence-corrected chi connectivity index (χ0v) is 18.4. The van der Waals surface area contributed by atoms with Gasteiger partial charge in [0.25, 0.3) is 0 Å². The average molecular weight is 481 g/mol. The quantitative estimate of drug-likeness (QED) is 0.383. The summed E-state index contributed by atoms with van der Waals surface area (Å²) in [6.07, 6.45) is 8.62. The molecule has 0 radical (unpaired) electrons. The second-order valence-corrected chi connectivity index (χ2v) is 10.9. The number of hydrogen-bond donors (Lipinski definition) is 1. The van der Waals surface area contributed by atoms with Gasteiger partial charge in [-0.2, -0.15) is 0 Å². The van der Waals surface area contributed by atoms with Gasteiger partial charge >= 0.3 is 0 Å². The number of hydrogen-bond acceptors (Lipinski definition) is 3. The number of nitrogens with one attached hydrogen (secondary N) is 1. The Bertz CT molecular complexity index is 614. The SMILES string of the molecule is CC1CCN(C(=NCC2CCS(=O)(=O)C2)NC2CC2)CC12CCC2.I. The normalized spacial score (nSPS) is 33.6. The Hall–Kier alpha value is -0.0500. The lowest BCUT2D eigenvalue weighted by molar-refractivity contribution is -0.00515. The molecule has 1 N–H and O–H groups in total. The van der Waals surface area contributed by atoms with E-state index in [0.29, 0.717) is 29.5 Å². The molecule has 2 atom stereocenters. The molecule has 2 unspecified atom stereocenters. The third kappa shape index (κ3) is 4.45. The summed E-state index contributed by atoms with van der Waals surface area (Å²) in [6, 6.07) is 0.591. The van der Waals surface area contributed by atoms with E-state index in [1.807, 2.05) is 0 Å². The highest BCUT2D eigenvalue weighted by molar-refractivity contribution is 14.0. The lowest BCUT2D eigenvalue weighted by atomic mass is 9.59. The van der Waals surface area contributed by atoms with E-state index in [4.69, 9.17) is 4.99 Å². The minimum atomic E-state index is -2.80. The fourth-order valence-electron chi connectivity index (χ4n) is 4.61. The van der Waals surface area contributed by atoms with E-state index in [1.54, 1.807) is 0 Å². The van der Waals surface area contributed by atoms with Crippen molar-refractivity contribution in [2.24, 2.45) is 22.2 Å². The van der Waals surface area contributed by atoms with Gasteiger partial charge in [0.2, 0.25) is 0 Å². The molecule has 4 rings (SSSR count). The first-order chi connectivity index (χ1) is 11.5. The maximum Gasteiger partial charge on any atom is 0.194 e. The van der Waals surface area contributed by atoms with Crippen LogP contribution >= 0.6 is 24.0 Å². The first-order valence-corrected chi connectivity index (χ1v) is 11.5. The van der Waals surface area contributed by atoms with Crippen LogP contribution in [0.5, 0.6) is 0 Å². The van der Waals surface area contributed by atoms with Crippen LogP contribution in [-0.4, -0.2) is 56.5 Å². The summed E-state index contributed by atoms with van der Waals surface area (Å²) in [5.74, 6) is 2.77. The Labute approximate surface area is 169 Å². The molecule has 2 aliphatic carbocycles. The summed E-state index contributed by atoms with van der Waals surface area (Å²) < 4.78 is 23.3. The van der Waals surface area contributed by atoms with Gasteiger partial charge in [-0.05, 0) is 55.8 Å². The van der Waals surface area contributed by atoms with Crippen molar-refractivity contribution in [1.29, 1.82) is 0 Å². The Kier molecular flexibility index (Phi) is 5.93. The third-order valence-electron chi connectivity index (χ3n) is 6.77. The van der Waals surface area contributed by atoms with Crippen LogP contribution in [-0.2, 0) is 9.84 Å². The molecule has 2 saturated carbocycles. The number of halogens is 1. The second-order valence-electron chi connectivity index (χ2n) is 8.68. The van der Waals surface area contributed by atoms with Crippen LogP contribution in [0.1, 0.15) is 51.9 Å². The highest BCUT2D eigenvalue weighted by atomic mass is 127. The minimum absolute atomic E-state index is 0. The number of guanidine groups is 1. The summed E-state index contributed by atoms with van der Waals surface area (Å²) in [5, 5.41) is 3.63. The van der Waals surface area contributed by atoms with Gasteiger partial charge in [0.1, 0.15) is 0 Å². The molecular formula is C18H32IN3O2S. The maximum atomic E-state index is 11.7. The van der Waals surface area contributed by atoms with Crippen molar-refractivity contribution >= 4 is 39.8 Å². The van der Waals surface area contributed by atoms with Crippen molar-refractivity contribution in [3.05, 3.63) is 0 Å². The summed E-state index contributed by atoms with van der Waals surface area (Å²) in [5.41, 5.74) is 0.515. The Morgan fingerprint density at radius 2 is 2.00 bits per heavy atom. The average Bonchev–Trinajstić information content (AvgIpc) is 3.25. The van der Waals surface area contributed by atoms with Crippen LogP contribution in [0.2, 0.25) is 0 Å². The van der Waals surface area contributed by atoms with Crippen molar-refractivity contribution in [3.8, 4) is 0 Å². The van der Waals surface area contributed by atoms with Crippen molar-refractivity contribution < 1.29 is 8.42 Å². The highest BCUT2D eigenvalue weighted by Gasteiger charge is 2.46. The van der Waals surface area contributed by atoms with Crippen molar-refractivity contribution in [1.82, 2.24) is 10.2 Å². The van der Waals surface area contributed by atoms with E-state index < -0.39 is 9.84 Å². The smallest absolute Gasteiger partial charge is 0.194 e. The molecule has 0 bridgehead atoms. The molecular weight excluding hydrogens is 449 g/mol. The molecule has 144 valence electrons.